The molecule has 0 bridgehead atoms. The molecule has 0 aromatic carbocycles. The fourth-order valence-electron chi connectivity index (χ4n) is 2.30. The van der Waals surface area contributed by atoms with E-state index in [9.17, 15) is 0 Å². The maximum atomic E-state index is 3.45. The Labute approximate surface area is 74.7 Å². The molecule has 1 spiro atoms. The van der Waals surface area contributed by atoms with Crippen LogP contribution in [-0.2, 0) is 0 Å². The molecule has 2 saturated heterocycles. The summed E-state index contributed by atoms with van der Waals surface area (Å²) in [7, 11) is 2.23. The molecule has 0 aliphatic carbocycles. The van der Waals surface area contributed by atoms with Crippen LogP contribution in [0.3, 0.4) is 0 Å². The van der Waals surface area contributed by atoms with Gasteiger partial charge in [0.25, 0.3) is 0 Å². The van der Waals surface area contributed by atoms with Crippen LogP contribution in [0.1, 0.15) is 12.8 Å². The summed E-state index contributed by atoms with van der Waals surface area (Å²) in [5.41, 5.74) is 0.675. The second-order valence-corrected chi connectivity index (χ2v) is 3.91. The Bertz CT molecular complexity index is 132. The van der Waals surface area contributed by atoms with Crippen LogP contribution in [0.25, 0.3) is 0 Å². The summed E-state index contributed by atoms with van der Waals surface area (Å²) in [6.45, 7) is 5.13. The van der Waals surface area contributed by atoms with Gasteiger partial charge in [0.05, 0.1) is 0 Å². The minimum Gasteiger partial charge on any atom is -0.316 e. The Morgan fingerprint density at radius 1 is 1.36 bits per heavy atom. The molecule has 0 amide bonds. The Balaban J connectivity index is 0.000000605. The summed E-state index contributed by atoms with van der Waals surface area (Å²) < 4.78 is 0. The monoisotopic (exact) mass is 176 g/mol. The van der Waals surface area contributed by atoms with Gasteiger partial charge in [-0.25, -0.2) is 0 Å². The van der Waals surface area contributed by atoms with Gasteiger partial charge in [-0.05, 0) is 38.4 Å². The van der Waals surface area contributed by atoms with Gasteiger partial charge in [-0.3, -0.25) is 0 Å². The minimum atomic E-state index is 0. The Morgan fingerprint density at radius 2 is 2.18 bits per heavy atom. The normalized spacial score (nSPS) is 37.9. The second kappa shape index (κ2) is 3.30. The van der Waals surface area contributed by atoms with Crippen molar-refractivity contribution in [3.05, 3.63) is 0 Å². The number of hydrogen-bond acceptors (Lipinski definition) is 2. The van der Waals surface area contributed by atoms with Crippen LogP contribution in [0.4, 0.5) is 0 Å². The smallest absolute Gasteiger partial charge is 0.00481 e. The van der Waals surface area contributed by atoms with E-state index in [1.165, 1.54) is 39.0 Å². The first-order valence-corrected chi connectivity index (χ1v) is 4.20. The quantitative estimate of drug-likeness (QED) is 0.586. The average Bonchev–Trinajstić information content (AvgIpc) is 2.46. The van der Waals surface area contributed by atoms with Crippen LogP contribution >= 0.6 is 12.4 Å². The zero-order valence-corrected chi connectivity index (χ0v) is 7.91. The van der Waals surface area contributed by atoms with Crippen molar-refractivity contribution in [1.29, 1.82) is 0 Å². The van der Waals surface area contributed by atoms with Gasteiger partial charge in [0.2, 0.25) is 0 Å². The number of nitrogens with one attached hydrogen (secondary N) is 1. The Morgan fingerprint density at radius 3 is 2.64 bits per heavy atom. The van der Waals surface area contributed by atoms with Gasteiger partial charge < -0.3 is 10.2 Å². The van der Waals surface area contributed by atoms with Gasteiger partial charge in [0, 0.05) is 13.1 Å². The lowest BCUT2D eigenvalue weighted by Crippen LogP contribution is -2.27. The summed E-state index contributed by atoms with van der Waals surface area (Å²) >= 11 is 0. The van der Waals surface area contributed by atoms with Crippen LogP contribution in [-0.4, -0.2) is 38.1 Å². The number of halogens is 1. The van der Waals surface area contributed by atoms with Crippen LogP contribution in [0.2, 0.25) is 0 Å². The molecule has 3 heteroatoms. The first-order chi connectivity index (χ1) is 4.81. The fourth-order valence-corrected chi connectivity index (χ4v) is 2.30. The second-order valence-electron chi connectivity index (χ2n) is 3.91. The molecule has 2 aliphatic heterocycles. The summed E-state index contributed by atoms with van der Waals surface area (Å²) in [6.07, 6.45) is 2.81. The van der Waals surface area contributed by atoms with Gasteiger partial charge in [-0.1, -0.05) is 0 Å². The van der Waals surface area contributed by atoms with E-state index < -0.39 is 0 Å². The lowest BCUT2D eigenvalue weighted by atomic mass is 9.87. The molecule has 2 heterocycles. The minimum absolute atomic E-state index is 0. The molecule has 2 aliphatic rings. The van der Waals surface area contributed by atoms with Gasteiger partial charge >= 0.3 is 0 Å². The van der Waals surface area contributed by atoms with Crippen molar-refractivity contribution in [1.82, 2.24) is 10.2 Å². The summed E-state index contributed by atoms with van der Waals surface area (Å²) in [4.78, 5) is 2.45. The molecule has 0 radical (unpaired) electrons. The molecular formula is C8H17ClN2. The predicted octanol–water partition coefficient (Wildman–Crippen LogP) is 0.723. The highest BCUT2D eigenvalue weighted by molar-refractivity contribution is 5.85. The summed E-state index contributed by atoms with van der Waals surface area (Å²) in [5, 5.41) is 3.45. The van der Waals surface area contributed by atoms with E-state index in [1.54, 1.807) is 0 Å². The highest BCUT2D eigenvalue weighted by Crippen LogP contribution is 2.34. The highest BCUT2D eigenvalue weighted by atomic mass is 35.5. The Kier molecular flexibility index (Phi) is 2.79. The zero-order valence-electron chi connectivity index (χ0n) is 7.10. The molecule has 0 saturated carbocycles. The van der Waals surface area contributed by atoms with Crippen LogP contribution in [0.5, 0.6) is 0 Å². The molecule has 1 atom stereocenters. The van der Waals surface area contributed by atoms with E-state index in [1.807, 2.05) is 0 Å². The van der Waals surface area contributed by atoms with Gasteiger partial charge in [-0.15, -0.1) is 12.4 Å². The van der Waals surface area contributed by atoms with Crippen molar-refractivity contribution in [3.63, 3.8) is 0 Å². The van der Waals surface area contributed by atoms with Gasteiger partial charge in [0.15, 0.2) is 0 Å². The van der Waals surface area contributed by atoms with Crippen molar-refractivity contribution in [2.45, 2.75) is 12.8 Å². The van der Waals surface area contributed by atoms with Crippen molar-refractivity contribution in [3.8, 4) is 0 Å². The highest BCUT2D eigenvalue weighted by Gasteiger charge is 2.38. The number of hydrogen-bond donors (Lipinski definition) is 1. The SMILES string of the molecule is CN1CCC2(CCNC2)C1.Cl. The third-order valence-electron chi connectivity index (χ3n) is 2.96. The molecule has 66 valence electrons. The topological polar surface area (TPSA) is 15.3 Å². The Hall–Kier alpha value is 0.210. The maximum absolute atomic E-state index is 3.45. The molecule has 0 aromatic rings. The fraction of sp³-hybridized carbons (Fsp3) is 1.00. The molecule has 11 heavy (non-hydrogen) atoms. The van der Waals surface area contributed by atoms with Crippen LogP contribution < -0.4 is 5.32 Å². The van der Waals surface area contributed by atoms with Crippen molar-refractivity contribution >= 4 is 12.4 Å². The van der Waals surface area contributed by atoms with Crippen LogP contribution in [0.15, 0.2) is 0 Å². The lowest BCUT2D eigenvalue weighted by molar-refractivity contribution is 0.309. The van der Waals surface area contributed by atoms with E-state index in [2.05, 4.69) is 17.3 Å². The van der Waals surface area contributed by atoms with E-state index in [-0.39, 0.29) is 12.4 Å². The number of nitrogens with zero attached hydrogens (tertiary/aromatic N) is 1. The maximum Gasteiger partial charge on any atom is 0.00481 e. The van der Waals surface area contributed by atoms with E-state index in [0.717, 1.165) is 0 Å². The van der Waals surface area contributed by atoms with E-state index in [4.69, 9.17) is 0 Å². The summed E-state index contributed by atoms with van der Waals surface area (Å²) in [6, 6.07) is 0. The molecule has 2 rings (SSSR count). The average molecular weight is 177 g/mol. The molecule has 0 aromatic heterocycles. The van der Waals surface area contributed by atoms with Gasteiger partial charge in [0.1, 0.15) is 0 Å². The van der Waals surface area contributed by atoms with Crippen LogP contribution in [0, 0.1) is 5.41 Å². The molecule has 1 N–H and O–H groups in total. The van der Waals surface area contributed by atoms with E-state index in [0.29, 0.717) is 5.41 Å². The standard InChI is InChI=1S/C8H16N2.ClH/c1-10-5-3-8(7-10)2-4-9-6-8;/h9H,2-7H2,1H3;1H. The molecule has 1 unspecified atom stereocenters. The van der Waals surface area contributed by atoms with Gasteiger partial charge in [-0.2, -0.15) is 0 Å². The molecular weight excluding hydrogens is 160 g/mol. The summed E-state index contributed by atoms with van der Waals surface area (Å²) in [5.74, 6) is 0. The predicted molar refractivity (Wildman–Crippen MR) is 49.3 cm³/mol. The lowest BCUT2D eigenvalue weighted by Gasteiger charge is -2.20. The molecule has 2 fully saturated rings. The van der Waals surface area contributed by atoms with Crippen molar-refractivity contribution in [2.75, 3.05) is 33.2 Å². The third kappa shape index (κ3) is 1.68. The first-order valence-electron chi connectivity index (χ1n) is 4.20. The zero-order chi connectivity index (χ0) is 7.03. The first kappa shape index (κ1) is 9.30. The van der Waals surface area contributed by atoms with Crippen molar-refractivity contribution in [2.24, 2.45) is 5.41 Å². The number of rotatable bonds is 0. The molecule has 2 nitrogen and oxygen atoms in total. The number of likely N-dealkylation sites (tertiary alicyclic amines) is 1. The third-order valence-corrected chi connectivity index (χ3v) is 2.96. The van der Waals surface area contributed by atoms with Crippen molar-refractivity contribution < 1.29 is 0 Å². The largest absolute Gasteiger partial charge is 0.316 e. The van der Waals surface area contributed by atoms with E-state index >= 15 is 0 Å².